The van der Waals surface area contributed by atoms with Gasteiger partial charge < -0.3 is 24.2 Å². The number of benzene rings is 2. The molecular weight excluding hydrogens is 392 g/mol. The molecule has 0 saturated carbocycles. The number of H-pyrrole nitrogens is 2. The Balaban J connectivity index is 1.76. The quantitative estimate of drug-likeness (QED) is 0.296. The van der Waals surface area contributed by atoms with E-state index >= 15 is 0 Å². The molecule has 3 N–H and O–H groups in total. The average molecular weight is 414 g/mol. The van der Waals surface area contributed by atoms with E-state index in [1.165, 1.54) is 6.21 Å². The number of aromatic nitrogens is 2. The minimum atomic E-state index is -0.342. The van der Waals surface area contributed by atoms with Crippen molar-refractivity contribution in [2.75, 3.05) is 20.8 Å². The number of imidazole rings is 1. The number of carbonyl (C=O) groups excluding carboxylic acids is 1. The highest BCUT2D eigenvalue weighted by molar-refractivity contribution is 7.71. The molecule has 9 heteroatoms. The van der Waals surface area contributed by atoms with Crippen LogP contribution in [0.5, 0.6) is 17.2 Å². The third-order valence-corrected chi connectivity index (χ3v) is 4.30. The lowest BCUT2D eigenvalue weighted by molar-refractivity contribution is 0.0955. The van der Waals surface area contributed by atoms with Crippen LogP contribution in [-0.2, 0) is 0 Å². The molecule has 152 valence electrons. The first kappa shape index (κ1) is 20.4. The molecule has 2 aromatic carbocycles. The van der Waals surface area contributed by atoms with Crippen LogP contribution in [0.15, 0.2) is 35.4 Å². The number of amides is 1. The molecule has 0 aliphatic heterocycles. The first-order valence-corrected chi connectivity index (χ1v) is 9.40. The van der Waals surface area contributed by atoms with Crippen molar-refractivity contribution in [1.82, 2.24) is 15.4 Å². The molecule has 3 rings (SSSR count). The van der Waals surface area contributed by atoms with Gasteiger partial charge in [-0.3, -0.25) is 4.79 Å². The SMILES string of the molecule is CCCOc1c(OC)cc(/C=N\NC(=O)c2ccc3[nH]c(=S)[nH]c3c2)cc1OC. The summed E-state index contributed by atoms with van der Waals surface area (Å²) in [6.45, 7) is 2.57. The van der Waals surface area contributed by atoms with Crippen molar-refractivity contribution < 1.29 is 19.0 Å². The molecule has 3 aromatic rings. The zero-order valence-electron chi connectivity index (χ0n) is 16.4. The van der Waals surface area contributed by atoms with Gasteiger partial charge in [-0.2, -0.15) is 5.10 Å². The number of carbonyl (C=O) groups is 1. The summed E-state index contributed by atoms with van der Waals surface area (Å²) in [6, 6.07) is 8.70. The van der Waals surface area contributed by atoms with Gasteiger partial charge in [-0.05, 0) is 49.0 Å². The molecule has 0 saturated heterocycles. The summed E-state index contributed by atoms with van der Waals surface area (Å²) >= 11 is 5.05. The number of nitrogens with zero attached hydrogens (tertiary/aromatic N) is 1. The third kappa shape index (κ3) is 4.75. The monoisotopic (exact) mass is 414 g/mol. The van der Waals surface area contributed by atoms with E-state index in [-0.39, 0.29) is 5.91 Å². The second-order valence-corrected chi connectivity index (χ2v) is 6.55. The Morgan fingerprint density at radius 3 is 2.48 bits per heavy atom. The Hall–Kier alpha value is -3.33. The average Bonchev–Trinajstić information content (AvgIpc) is 3.11. The van der Waals surface area contributed by atoms with Crippen molar-refractivity contribution in [2.24, 2.45) is 5.10 Å². The summed E-state index contributed by atoms with van der Waals surface area (Å²) in [5.41, 5.74) is 5.24. The van der Waals surface area contributed by atoms with E-state index in [2.05, 4.69) is 20.5 Å². The molecule has 1 heterocycles. The van der Waals surface area contributed by atoms with Gasteiger partial charge in [0.05, 0.1) is 38.1 Å². The lowest BCUT2D eigenvalue weighted by Crippen LogP contribution is -2.17. The lowest BCUT2D eigenvalue weighted by Gasteiger charge is -2.14. The van der Waals surface area contributed by atoms with E-state index in [9.17, 15) is 4.79 Å². The molecule has 0 bridgehead atoms. The molecule has 1 amide bonds. The maximum atomic E-state index is 12.4. The van der Waals surface area contributed by atoms with Crippen molar-refractivity contribution in [1.29, 1.82) is 0 Å². The van der Waals surface area contributed by atoms with Crippen LogP contribution in [0.25, 0.3) is 11.0 Å². The predicted molar refractivity (Wildman–Crippen MR) is 114 cm³/mol. The van der Waals surface area contributed by atoms with E-state index in [0.717, 1.165) is 17.5 Å². The molecule has 8 nitrogen and oxygen atoms in total. The maximum absolute atomic E-state index is 12.4. The molecule has 0 unspecified atom stereocenters. The molecule has 1 aromatic heterocycles. The fourth-order valence-corrected chi connectivity index (χ4v) is 2.94. The summed E-state index contributed by atoms with van der Waals surface area (Å²) in [4.78, 5) is 18.3. The zero-order valence-corrected chi connectivity index (χ0v) is 17.2. The van der Waals surface area contributed by atoms with Crippen LogP contribution in [-0.4, -0.2) is 42.9 Å². The van der Waals surface area contributed by atoms with Crippen LogP contribution in [0.3, 0.4) is 0 Å². The number of ether oxygens (including phenoxy) is 3. The summed E-state index contributed by atoms with van der Waals surface area (Å²) in [6.07, 6.45) is 2.37. The Labute approximate surface area is 172 Å². The fraction of sp³-hybridized carbons (Fsp3) is 0.250. The normalized spacial score (nSPS) is 11.0. The number of fused-ring (bicyclic) bond motifs is 1. The molecule has 0 atom stereocenters. The van der Waals surface area contributed by atoms with Gasteiger partial charge in [0.2, 0.25) is 5.75 Å². The molecular formula is C20H22N4O4S. The van der Waals surface area contributed by atoms with Gasteiger partial charge in [-0.25, -0.2) is 5.43 Å². The van der Waals surface area contributed by atoms with Gasteiger partial charge in [0.25, 0.3) is 5.91 Å². The van der Waals surface area contributed by atoms with E-state index in [4.69, 9.17) is 26.4 Å². The topological polar surface area (TPSA) is 101 Å². The molecule has 0 spiro atoms. The summed E-state index contributed by atoms with van der Waals surface area (Å²) in [5, 5.41) is 4.03. The van der Waals surface area contributed by atoms with Gasteiger partial charge in [0, 0.05) is 11.1 Å². The van der Waals surface area contributed by atoms with E-state index in [0.29, 0.717) is 39.8 Å². The second kappa shape index (κ2) is 9.24. The summed E-state index contributed by atoms with van der Waals surface area (Å²) in [7, 11) is 3.11. The molecule has 0 aliphatic rings. The Morgan fingerprint density at radius 1 is 1.14 bits per heavy atom. The number of hydrogen-bond acceptors (Lipinski definition) is 6. The van der Waals surface area contributed by atoms with Gasteiger partial charge in [-0.15, -0.1) is 0 Å². The lowest BCUT2D eigenvalue weighted by atomic mass is 10.2. The van der Waals surface area contributed by atoms with E-state index < -0.39 is 0 Å². The third-order valence-electron chi connectivity index (χ3n) is 4.09. The van der Waals surface area contributed by atoms with Crippen LogP contribution in [0.4, 0.5) is 0 Å². The predicted octanol–water partition coefficient (Wildman–Crippen LogP) is 3.80. The van der Waals surface area contributed by atoms with Crippen LogP contribution >= 0.6 is 12.2 Å². The smallest absolute Gasteiger partial charge is 0.271 e. The number of methoxy groups -OCH3 is 2. The summed E-state index contributed by atoms with van der Waals surface area (Å²) in [5.74, 6) is 1.25. The second-order valence-electron chi connectivity index (χ2n) is 6.14. The van der Waals surface area contributed by atoms with Crippen LogP contribution in [0.2, 0.25) is 0 Å². The van der Waals surface area contributed by atoms with Crippen molar-refractivity contribution in [3.05, 3.63) is 46.2 Å². The number of rotatable bonds is 8. The standard InChI is InChI=1S/C20H22N4O4S/c1-4-7-28-18-16(26-2)8-12(9-17(18)27-3)11-21-24-19(25)13-5-6-14-15(10-13)23-20(29)22-14/h5-6,8-11H,4,7H2,1-3H3,(H,24,25)(H2,22,23,29)/b21-11-. The highest BCUT2D eigenvalue weighted by atomic mass is 32.1. The first-order valence-electron chi connectivity index (χ1n) is 9.00. The van der Waals surface area contributed by atoms with Crippen molar-refractivity contribution in [3.63, 3.8) is 0 Å². The minimum Gasteiger partial charge on any atom is -0.493 e. The highest BCUT2D eigenvalue weighted by Gasteiger charge is 2.13. The molecule has 0 aliphatic carbocycles. The highest BCUT2D eigenvalue weighted by Crippen LogP contribution is 2.38. The first-order chi connectivity index (χ1) is 14.0. The largest absolute Gasteiger partial charge is 0.493 e. The van der Waals surface area contributed by atoms with Gasteiger partial charge in [0.1, 0.15) is 0 Å². The Bertz CT molecular complexity index is 1080. The summed E-state index contributed by atoms with van der Waals surface area (Å²) < 4.78 is 17.0. The Kier molecular flexibility index (Phi) is 6.50. The fourth-order valence-electron chi connectivity index (χ4n) is 2.72. The number of hydrogen-bond donors (Lipinski definition) is 3. The van der Waals surface area contributed by atoms with Gasteiger partial charge in [-0.1, -0.05) is 6.92 Å². The number of aromatic amines is 2. The molecule has 0 fully saturated rings. The minimum absolute atomic E-state index is 0.342. The Morgan fingerprint density at radius 2 is 1.83 bits per heavy atom. The van der Waals surface area contributed by atoms with Crippen LogP contribution in [0.1, 0.15) is 29.3 Å². The maximum Gasteiger partial charge on any atom is 0.271 e. The number of hydrazone groups is 1. The van der Waals surface area contributed by atoms with E-state index in [1.54, 1.807) is 44.6 Å². The van der Waals surface area contributed by atoms with Crippen molar-refractivity contribution >= 4 is 35.4 Å². The number of nitrogens with one attached hydrogen (secondary N) is 3. The van der Waals surface area contributed by atoms with Crippen molar-refractivity contribution in [2.45, 2.75) is 13.3 Å². The van der Waals surface area contributed by atoms with Gasteiger partial charge >= 0.3 is 0 Å². The van der Waals surface area contributed by atoms with Gasteiger partial charge in [0.15, 0.2) is 16.3 Å². The van der Waals surface area contributed by atoms with Crippen molar-refractivity contribution in [3.8, 4) is 17.2 Å². The zero-order chi connectivity index (χ0) is 20.8. The van der Waals surface area contributed by atoms with E-state index in [1.807, 2.05) is 6.92 Å². The molecule has 29 heavy (non-hydrogen) atoms. The van der Waals surface area contributed by atoms with Crippen LogP contribution < -0.4 is 19.6 Å². The van der Waals surface area contributed by atoms with Crippen LogP contribution in [0, 0.1) is 4.77 Å². The molecule has 0 radical (unpaired) electrons.